The van der Waals surface area contributed by atoms with Crippen LogP contribution in [0.1, 0.15) is 5.56 Å². The van der Waals surface area contributed by atoms with Crippen LogP contribution in [0.2, 0.25) is 5.02 Å². The molecule has 0 heterocycles. The molecule has 104 valence electrons. The molecule has 0 aliphatic heterocycles. The Morgan fingerprint density at radius 3 is 2.70 bits per heavy atom. The fourth-order valence-corrected chi connectivity index (χ4v) is 1.93. The summed E-state index contributed by atoms with van der Waals surface area (Å²) in [6.45, 7) is 0. The average Bonchev–Trinajstić information content (AvgIpc) is 2.41. The largest absolute Gasteiger partial charge is 0.480 e. The van der Waals surface area contributed by atoms with Crippen LogP contribution in [0.15, 0.2) is 48.5 Å². The van der Waals surface area contributed by atoms with Crippen LogP contribution in [0.5, 0.6) is 11.5 Å². The van der Waals surface area contributed by atoms with Gasteiger partial charge in [-0.05, 0) is 29.8 Å². The zero-order valence-corrected chi connectivity index (χ0v) is 11.4. The Labute approximate surface area is 121 Å². The van der Waals surface area contributed by atoms with Crippen molar-refractivity contribution in [1.82, 2.24) is 0 Å². The molecule has 0 bridgehead atoms. The highest BCUT2D eigenvalue weighted by molar-refractivity contribution is 6.30. The summed E-state index contributed by atoms with van der Waals surface area (Å²) in [5.74, 6) is 0.128. The summed E-state index contributed by atoms with van der Waals surface area (Å²) >= 11 is 5.90. The van der Waals surface area contributed by atoms with Crippen LogP contribution >= 0.6 is 11.6 Å². The Morgan fingerprint density at radius 1 is 1.25 bits per heavy atom. The van der Waals surface area contributed by atoms with Gasteiger partial charge in [-0.1, -0.05) is 35.9 Å². The Morgan fingerprint density at radius 2 is 2.00 bits per heavy atom. The summed E-state index contributed by atoms with van der Waals surface area (Å²) < 4.78 is 5.74. The van der Waals surface area contributed by atoms with Gasteiger partial charge in [-0.2, -0.15) is 0 Å². The first-order valence-electron chi connectivity index (χ1n) is 6.06. The van der Waals surface area contributed by atoms with E-state index in [2.05, 4.69) is 0 Å². The highest BCUT2D eigenvalue weighted by Gasteiger charge is 2.15. The van der Waals surface area contributed by atoms with Gasteiger partial charge in [-0.25, -0.2) is 0 Å². The smallest absolute Gasteiger partial charge is 0.320 e. The Hall–Kier alpha value is -2.04. The summed E-state index contributed by atoms with van der Waals surface area (Å²) in [6, 6.07) is 13.2. The van der Waals surface area contributed by atoms with E-state index in [1.54, 1.807) is 36.4 Å². The molecule has 0 aromatic heterocycles. The van der Waals surface area contributed by atoms with Gasteiger partial charge >= 0.3 is 5.97 Å². The summed E-state index contributed by atoms with van der Waals surface area (Å²) in [7, 11) is 0. The van der Waals surface area contributed by atoms with E-state index < -0.39 is 12.0 Å². The number of aliphatic carboxylic acids is 1. The molecule has 2 aromatic carbocycles. The molecule has 20 heavy (non-hydrogen) atoms. The van der Waals surface area contributed by atoms with Gasteiger partial charge in [0.1, 0.15) is 17.5 Å². The van der Waals surface area contributed by atoms with Crippen molar-refractivity contribution in [2.45, 2.75) is 12.5 Å². The molecule has 4 nitrogen and oxygen atoms in total. The standard InChI is InChI=1S/C15H14ClNO3/c16-11-5-3-6-12(9-11)20-14-7-2-1-4-10(14)8-13(17)15(18)19/h1-7,9,13H,8,17H2,(H,18,19). The number of carbonyl (C=O) groups is 1. The molecule has 2 aromatic rings. The Balaban J connectivity index is 2.21. The molecule has 0 saturated heterocycles. The fourth-order valence-electron chi connectivity index (χ4n) is 1.75. The average molecular weight is 292 g/mol. The number of rotatable bonds is 5. The van der Waals surface area contributed by atoms with Crippen molar-refractivity contribution in [3.63, 3.8) is 0 Å². The predicted molar refractivity (Wildman–Crippen MR) is 77.3 cm³/mol. The van der Waals surface area contributed by atoms with Gasteiger partial charge in [-0.3, -0.25) is 4.79 Å². The van der Waals surface area contributed by atoms with Gasteiger partial charge in [0, 0.05) is 11.4 Å². The lowest BCUT2D eigenvalue weighted by Crippen LogP contribution is -2.32. The lowest BCUT2D eigenvalue weighted by molar-refractivity contribution is -0.138. The molecular formula is C15H14ClNO3. The first-order chi connectivity index (χ1) is 9.56. The van der Waals surface area contributed by atoms with Crippen molar-refractivity contribution in [3.05, 3.63) is 59.1 Å². The van der Waals surface area contributed by atoms with Crippen molar-refractivity contribution in [2.24, 2.45) is 5.73 Å². The third-order valence-electron chi connectivity index (χ3n) is 2.75. The lowest BCUT2D eigenvalue weighted by atomic mass is 10.1. The van der Waals surface area contributed by atoms with Gasteiger partial charge in [0.25, 0.3) is 0 Å². The van der Waals surface area contributed by atoms with E-state index in [1.807, 2.05) is 12.1 Å². The van der Waals surface area contributed by atoms with Gasteiger partial charge in [0.15, 0.2) is 0 Å². The van der Waals surface area contributed by atoms with Crippen molar-refractivity contribution < 1.29 is 14.6 Å². The number of ether oxygens (including phenoxy) is 1. The maximum absolute atomic E-state index is 10.8. The topological polar surface area (TPSA) is 72.5 Å². The van der Waals surface area contributed by atoms with Crippen LogP contribution < -0.4 is 10.5 Å². The van der Waals surface area contributed by atoms with E-state index in [1.165, 1.54) is 0 Å². The molecule has 1 atom stereocenters. The molecular weight excluding hydrogens is 278 g/mol. The third-order valence-corrected chi connectivity index (χ3v) is 2.99. The maximum Gasteiger partial charge on any atom is 0.320 e. The zero-order valence-electron chi connectivity index (χ0n) is 10.6. The quantitative estimate of drug-likeness (QED) is 0.888. The monoisotopic (exact) mass is 291 g/mol. The molecule has 0 aliphatic rings. The van der Waals surface area contributed by atoms with E-state index in [9.17, 15) is 4.79 Å². The number of carboxylic acid groups (broad SMARTS) is 1. The predicted octanol–water partition coefficient (Wildman–Crippen LogP) is 3.09. The summed E-state index contributed by atoms with van der Waals surface area (Å²) in [4.78, 5) is 10.8. The minimum absolute atomic E-state index is 0.200. The second kappa shape index (κ2) is 6.41. The van der Waals surface area contributed by atoms with Crippen molar-refractivity contribution >= 4 is 17.6 Å². The van der Waals surface area contributed by atoms with Crippen molar-refractivity contribution in [1.29, 1.82) is 0 Å². The van der Waals surface area contributed by atoms with Gasteiger partial charge < -0.3 is 15.6 Å². The van der Waals surface area contributed by atoms with Crippen LogP contribution in [0, 0.1) is 0 Å². The van der Waals surface area contributed by atoms with E-state index in [4.69, 9.17) is 27.2 Å². The number of nitrogens with two attached hydrogens (primary N) is 1. The maximum atomic E-state index is 10.8. The molecule has 2 rings (SSSR count). The second-order valence-electron chi connectivity index (χ2n) is 4.32. The number of halogens is 1. The number of hydrogen-bond acceptors (Lipinski definition) is 3. The zero-order chi connectivity index (χ0) is 14.5. The Bertz CT molecular complexity index is 616. The molecule has 0 amide bonds. The minimum atomic E-state index is -1.04. The van der Waals surface area contributed by atoms with Crippen LogP contribution in [0.4, 0.5) is 0 Å². The number of hydrogen-bond donors (Lipinski definition) is 2. The lowest BCUT2D eigenvalue weighted by Gasteiger charge is -2.13. The van der Waals surface area contributed by atoms with Gasteiger partial charge in [-0.15, -0.1) is 0 Å². The van der Waals surface area contributed by atoms with Crippen LogP contribution in [-0.4, -0.2) is 17.1 Å². The number of benzene rings is 2. The van der Waals surface area contributed by atoms with E-state index >= 15 is 0 Å². The first kappa shape index (κ1) is 14.4. The highest BCUT2D eigenvalue weighted by atomic mass is 35.5. The fraction of sp³-hybridized carbons (Fsp3) is 0.133. The van der Waals surface area contributed by atoms with Gasteiger partial charge in [0.2, 0.25) is 0 Å². The molecule has 0 aliphatic carbocycles. The van der Waals surface area contributed by atoms with E-state index in [-0.39, 0.29) is 6.42 Å². The number of para-hydroxylation sites is 1. The van der Waals surface area contributed by atoms with Gasteiger partial charge in [0.05, 0.1) is 0 Å². The molecule has 0 saturated carbocycles. The SMILES string of the molecule is NC(Cc1ccccc1Oc1cccc(Cl)c1)C(=O)O. The molecule has 0 fully saturated rings. The molecule has 0 radical (unpaired) electrons. The molecule has 3 N–H and O–H groups in total. The van der Waals surface area contributed by atoms with Crippen LogP contribution in [-0.2, 0) is 11.2 Å². The van der Waals surface area contributed by atoms with Crippen molar-refractivity contribution in [2.75, 3.05) is 0 Å². The third kappa shape index (κ3) is 3.73. The summed E-state index contributed by atoms with van der Waals surface area (Å²) in [5.41, 5.74) is 6.30. The minimum Gasteiger partial charge on any atom is -0.480 e. The summed E-state index contributed by atoms with van der Waals surface area (Å²) in [5, 5.41) is 9.45. The second-order valence-corrected chi connectivity index (χ2v) is 4.75. The molecule has 0 spiro atoms. The Kier molecular flexibility index (Phi) is 4.61. The summed E-state index contributed by atoms with van der Waals surface area (Å²) in [6.07, 6.45) is 0.200. The highest BCUT2D eigenvalue weighted by Crippen LogP contribution is 2.27. The molecule has 1 unspecified atom stereocenters. The van der Waals surface area contributed by atoms with E-state index in [0.29, 0.717) is 16.5 Å². The van der Waals surface area contributed by atoms with Crippen LogP contribution in [0.25, 0.3) is 0 Å². The molecule has 5 heteroatoms. The van der Waals surface area contributed by atoms with Crippen molar-refractivity contribution in [3.8, 4) is 11.5 Å². The first-order valence-corrected chi connectivity index (χ1v) is 6.44. The number of carboxylic acids is 1. The normalized spacial score (nSPS) is 11.9. The van der Waals surface area contributed by atoms with E-state index in [0.717, 1.165) is 5.56 Å². The van der Waals surface area contributed by atoms with Crippen LogP contribution in [0.3, 0.4) is 0 Å².